The van der Waals surface area contributed by atoms with Gasteiger partial charge in [0.25, 0.3) is 5.91 Å². The minimum absolute atomic E-state index is 0.0646. The number of nitrogens with zero attached hydrogens (tertiary/aromatic N) is 2. The van der Waals surface area contributed by atoms with Gasteiger partial charge in [-0.1, -0.05) is 12.1 Å². The minimum Gasteiger partial charge on any atom is -0.336 e. The van der Waals surface area contributed by atoms with E-state index in [9.17, 15) is 18.0 Å². The first-order chi connectivity index (χ1) is 11.4. The molecule has 1 amide bonds. The molecule has 2 aromatic rings. The van der Waals surface area contributed by atoms with E-state index in [1.165, 1.54) is 6.20 Å². The number of rotatable bonds is 2. The molecule has 0 radical (unpaired) electrons. The number of hydrogen-bond donors (Lipinski definition) is 1. The van der Waals surface area contributed by atoms with Crippen LogP contribution >= 0.6 is 0 Å². The maximum Gasteiger partial charge on any atom is 0.417 e. The predicted molar refractivity (Wildman–Crippen MR) is 83.4 cm³/mol. The SMILES string of the molecule is O=C(c1ccc(-c2cncc(C(F)(F)F)c2)cc1)N1CCNCC1. The molecule has 126 valence electrons. The van der Waals surface area contributed by atoms with Crippen LogP contribution in [0.15, 0.2) is 42.7 Å². The summed E-state index contributed by atoms with van der Waals surface area (Å²) in [7, 11) is 0. The van der Waals surface area contributed by atoms with E-state index in [1.807, 2.05) is 0 Å². The molecule has 0 saturated carbocycles. The molecule has 1 aromatic carbocycles. The Labute approximate surface area is 137 Å². The number of alkyl halides is 3. The molecule has 0 atom stereocenters. The first-order valence-electron chi connectivity index (χ1n) is 7.58. The van der Waals surface area contributed by atoms with Crippen molar-refractivity contribution in [2.45, 2.75) is 6.18 Å². The number of carbonyl (C=O) groups is 1. The van der Waals surface area contributed by atoms with Crippen molar-refractivity contribution in [2.24, 2.45) is 0 Å². The minimum atomic E-state index is -4.43. The number of hydrogen-bond acceptors (Lipinski definition) is 3. The molecular formula is C17H16F3N3O. The Bertz CT molecular complexity index is 723. The van der Waals surface area contributed by atoms with Crippen LogP contribution in [0.4, 0.5) is 13.2 Å². The van der Waals surface area contributed by atoms with E-state index < -0.39 is 11.7 Å². The third-order valence-corrected chi connectivity index (χ3v) is 3.93. The number of nitrogens with one attached hydrogen (secondary N) is 1. The van der Waals surface area contributed by atoms with Gasteiger partial charge in [0.2, 0.25) is 0 Å². The molecule has 24 heavy (non-hydrogen) atoms. The van der Waals surface area contributed by atoms with Crippen molar-refractivity contribution in [3.05, 3.63) is 53.9 Å². The highest BCUT2D eigenvalue weighted by Gasteiger charge is 2.31. The number of pyridine rings is 1. The van der Waals surface area contributed by atoms with Crippen LogP contribution in [0.1, 0.15) is 15.9 Å². The fourth-order valence-electron chi connectivity index (χ4n) is 2.61. The lowest BCUT2D eigenvalue weighted by Crippen LogP contribution is -2.46. The van der Waals surface area contributed by atoms with Gasteiger partial charge < -0.3 is 10.2 Å². The van der Waals surface area contributed by atoms with E-state index in [0.29, 0.717) is 29.8 Å². The first-order valence-corrected chi connectivity index (χ1v) is 7.58. The van der Waals surface area contributed by atoms with Crippen LogP contribution in [-0.4, -0.2) is 42.0 Å². The first kappa shape index (κ1) is 16.4. The predicted octanol–water partition coefficient (Wildman–Crippen LogP) is 2.81. The summed E-state index contributed by atoms with van der Waals surface area (Å²) in [5.41, 5.74) is 0.693. The second kappa shape index (κ2) is 6.60. The molecule has 4 nitrogen and oxygen atoms in total. The van der Waals surface area contributed by atoms with Crippen LogP contribution in [-0.2, 0) is 6.18 Å². The van der Waals surface area contributed by atoms with Crippen molar-refractivity contribution >= 4 is 5.91 Å². The zero-order chi connectivity index (χ0) is 17.2. The van der Waals surface area contributed by atoms with Gasteiger partial charge in [-0.15, -0.1) is 0 Å². The van der Waals surface area contributed by atoms with Gasteiger partial charge in [0.05, 0.1) is 5.56 Å². The van der Waals surface area contributed by atoms with Crippen LogP contribution in [0.25, 0.3) is 11.1 Å². The molecule has 0 bridgehead atoms. The molecule has 7 heteroatoms. The summed E-state index contributed by atoms with van der Waals surface area (Å²) >= 11 is 0. The van der Waals surface area contributed by atoms with E-state index in [0.717, 1.165) is 25.4 Å². The molecular weight excluding hydrogens is 319 g/mol. The second-order valence-electron chi connectivity index (χ2n) is 5.58. The molecule has 0 aliphatic carbocycles. The van der Waals surface area contributed by atoms with Gasteiger partial charge in [-0.05, 0) is 23.8 Å². The second-order valence-corrected chi connectivity index (χ2v) is 5.58. The molecule has 1 aromatic heterocycles. The molecule has 0 unspecified atom stereocenters. The Hall–Kier alpha value is -2.41. The number of benzene rings is 1. The monoisotopic (exact) mass is 335 g/mol. The summed E-state index contributed by atoms with van der Waals surface area (Å²) in [5, 5.41) is 3.18. The van der Waals surface area contributed by atoms with Crippen molar-refractivity contribution in [3.8, 4) is 11.1 Å². The van der Waals surface area contributed by atoms with Crippen molar-refractivity contribution in [1.82, 2.24) is 15.2 Å². The Balaban J connectivity index is 1.81. The van der Waals surface area contributed by atoms with Gasteiger partial charge in [-0.25, -0.2) is 0 Å². The van der Waals surface area contributed by atoms with Gasteiger partial charge in [0.1, 0.15) is 0 Å². The van der Waals surface area contributed by atoms with Crippen molar-refractivity contribution < 1.29 is 18.0 Å². The maximum absolute atomic E-state index is 12.8. The normalized spacial score (nSPS) is 15.4. The van der Waals surface area contributed by atoms with Crippen LogP contribution in [0.3, 0.4) is 0 Å². The van der Waals surface area contributed by atoms with E-state index in [-0.39, 0.29) is 5.91 Å². The highest BCUT2D eigenvalue weighted by atomic mass is 19.4. The summed E-state index contributed by atoms with van der Waals surface area (Å²) in [4.78, 5) is 17.8. The van der Waals surface area contributed by atoms with Crippen molar-refractivity contribution in [1.29, 1.82) is 0 Å². The fraction of sp³-hybridized carbons (Fsp3) is 0.294. The number of amides is 1. The topological polar surface area (TPSA) is 45.2 Å². The van der Waals surface area contributed by atoms with Crippen molar-refractivity contribution in [3.63, 3.8) is 0 Å². The Kier molecular flexibility index (Phi) is 4.53. The zero-order valence-corrected chi connectivity index (χ0v) is 12.8. The van der Waals surface area contributed by atoms with Gasteiger partial charge >= 0.3 is 6.18 Å². The van der Waals surface area contributed by atoms with E-state index in [1.54, 1.807) is 29.2 Å². The number of carbonyl (C=O) groups excluding carboxylic acids is 1. The lowest BCUT2D eigenvalue weighted by Gasteiger charge is -2.27. The third kappa shape index (κ3) is 3.56. The lowest BCUT2D eigenvalue weighted by atomic mass is 10.0. The quantitative estimate of drug-likeness (QED) is 0.918. The highest BCUT2D eigenvalue weighted by molar-refractivity contribution is 5.94. The zero-order valence-electron chi connectivity index (χ0n) is 12.8. The summed E-state index contributed by atoms with van der Waals surface area (Å²) in [6, 6.07) is 7.62. The number of aromatic nitrogens is 1. The van der Waals surface area contributed by atoms with Gasteiger partial charge in [0, 0.05) is 49.7 Å². The smallest absolute Gasteiger partial charge is 0.336 e. The average Bonchev–Trinajstić information content (AvgIpc) is 2.61. The van der Waals surface area contributed by atoms with E-state index >= 15 is 0 Å². The summed E-state index contributed by atoms with van der Waals surface area (Å²) < 4.78 is 38.3. The standard InChI is InChI=1S/C17H16F3N3O/c18-17(19,20)15-9-14(10-22-11-15)12-1-3-13(4-2-12)16(24)23-7-5-21-6-8-23/h1-4,9-11,21H,5-8H2. The van der Waals surface area contributed by atoms with Crippen molar-refractivity contribution in [2.75, 3.05) is 26.2 Å². The molecule has 1 aliphatic rings. The van der Waals surface area contributed by atoms with Crippen LogP contribution < -0.4 is 5.32 Å². The third-order valence-electron chi connectivity index (χ3n) is 3.93. The summed E-state index contributed by atoms with van der Waals surface area (Å²) in [5.74, 6) is -0.0646. The molecule has 2 heterocycles. The number of halogens is 3. The Morgan fingerprint density at radius 3 is 2.33 bits per heavy atom. The van der Waals surface area contributed by atoms with E-state index in [4.69, 9.17) is 0 Å². The highest BCUT2D eigenvalue weighted by Crippen LogP contribution is 2.31. The molecule has 3 rings (SSSR count). The molecule has 1 N–H and O–H groups in total. The van der Waals surface area contributed by atoms with E-state index in [2.05, 4.69) is 10.3 Å². The maximum atomic E-state index is 12.8. The lowest BCUT2D eigenvalue weighted by molar-refractivity contribution is -0.137. The van der Waals surface area contributed by atoms with Gasteiger partial charge in [0.15, 0.2) is 0 Å². The van der Waals surface area contributed by atoms with Crippen LogP contribution in [0.2, 0.25) is 0 Å². The van der Waals surface area contributed by atoms with Crippen LogP contribution in [0.5, 0.6) is 0 Å². The number of piperazine rings is 1. The molecule has 1 fully saturated rings. The Morgan fingerprint density at radius 2 is 1.71 bits per heavy atom. The Morgan fingerprint density at radius 1 is 1.04 bits per heavy atom. The largest absolute Gasteiger partial charge is 0.417 e. The molecule has 0 spiro atoms. The fourth-order valence-corrected chi connectivity index (χ4v) is 2.61. The summed E-state index contributed by atoms with van der Waals surface area (Å²) in [6.45, 7) is 2.83. The summed E-state index contributed by atoms with van der Waals surface area (Å²) in [6.07, 6.45) is -2.25. The average molecular weight is 335 g/mol. The van der Waals surface area contributed by atoms with Crippen LogP contribution in [0, 0.1) is 0 Å². The van der Waals surface area contributed by atoms with Gasteiger partial charge in [-0.2, -0.15) is 13.2 Å². The molecule has 1 aliphatic heterocycles. The van der Waals surface area contributed by atoms with Gasteiger partial charge in [-0.3, -0.25) is 9.78 Å². The molecule has 1 saturated heterocycles.